The Labute approximate surface area is 90.6 Å². The quantitative estimate of drug-likeness (QED) is 0.499. The van der Waals surface area contributed by atoms with E-state index in [1.54, 1.807) is 0 Å². The molecule has 0 radical (unpaired) electrons. The van der Waals surface area contributed by atoms with Crippen LogP contribution in [0.5, 0.6) is 0 Å². The molecule has 7 heteroatoms. The van der Waals surface area contributed by atoms with Gasteiger partial charge in [0.25, 0.3) is 5.69 Å². The van der Waals surface area contributed by atoms with Crippen molar-refractivity contribution in [3.05, 3.63) is 31.8 Å². The molecule has 0 fully saturated rings. The number of non-ortho nitro benzene ring substituents is 1. The highest BCUT2D eigenvalue weighted by Crippen LogP contribution is 2.28. The smallest absolute Gasteiger partial charge is 0.271 e. The maximum Gasteiger partial charge on any atom is 0.297 e. The van der Waals surface area contributed by atoms with Crippen LogP contribution in [0.1, 0.15) is 0 Å². The number of nitrogens with zero attached hydrogens (tertiary/aromatic N) is 2. The summed E-state index contributed by atoms with van der Waals surface area (Å²) in [4.78, 5) is 9.98. The van der Waals surface area contributed by atoms with Crippen molar-refractivity contribution in [2.45, 2.75) is 0 Å². The molecule has 0 spiro atoms. The molecule has 5 nitrogen and oxygen atoms in total. The second-order valence-corrected chi connectivity index (χ2v) is 3.66. The van der Waals surface area contributed by atoms with Gasteiger partial charge in [-0.05, 0) is 28.7 Å². The van der Waals surface area contributed by atoms with Gasteiger partial charge >= 0.3 is 0 Å². The van der Waals surface area contributed by atoms with Crippen LogP contribution in [0, 0.1) is 19.6 Å². The first-order valence-electron chi connectivity index (χ1n) is 3.57. The fourth-order valence-electron chi connectivity index (χ4n) is 1.19. The number of rotatable bonds is 1. The van der Waals surface area contributed by atoms with Crippen LogP contribution in [0.4, 0.5) is 10.1 Å². The molecule has 0 aliphatic carbocycles. The zero-order chi connectivity index (χ0) is 10.3. The molecule has 0 amide bonds. The number of nitro benzene ring substituents is 1. The minimum Gasteiger partial charge on any atom is -0.271 e. The second-order valence-electron chi connectivity index (χ2n) is 2.58. The summed E-state index contributed by atoms with van der Waals surface area (Å²) in [6.45, 7) is 0. The largest absolute Gasteiger partial charge is 0.297 e. The molecule has 1 aromatic carbocycles. The maximum absolute atomic E-state index is 13.2. The van der Waals surface area contributed by atoms with Gasteiger partial charge in [0.2, 0.25) is 0 Å². The van der Waals surface area contributed by atoms with Gasteiger partial charge in [-0.1, -0.05) is 0 Å². The minimum atomic E-state index is -0.585. The highest BCUT2D eigenvalue weighted by Gasteiger charge is 2.19. The summed E-state index contributed by atoms with van der Waals surface area (Å²) in [5.74, 6) is -0.510. The molecule has 2 aromatic rings. The molecular formula is C7H3FIN3O2. The van der Waals surface area contributed by atoms with Gasteiger partial charge in [-0.25, -0.2) is 4.39 Å². The van der Waals surface area contributed by atoms with Crippen molar-refractivity contribution in [1.82, 2.24) is 10.2 Å². The zero-order valence-electron chi connectivity index (χ0n) is 6.62. The number of hydrogen-bond donors (Lipinski definition) is 1. The highest BCUT2D eigenvalue weighted by molar-refractivity contribution is 14.1. The average Bonchev–Trinajstić information content (AvgIpc) is 2.49. The van der Waals surface area contributed by atoms with Crippen molar-refractivity contribution in [3.8, 4) is 0 Å². The topological polar surface area (TPSA) is 71.8 Å². The van der Waals surface area contributed by atoms with Gasteiger partial charge in [0.15, 0.2) is 5.52 Å². The molecule has 0 aliphatic rings. The zero-order valence-corrected chi connectivity index (χ0v) is 8.78. The number of halogens is 2. The minimum absolute atomic E-state index is 0.0550. The first-order chi connectivity index (χ1) is 6.61. The lowest BCUT2D eigenvalue weighted by molar-refractivity contribution is -0.383. The molecule has 0 aliphatic heterocycles. The fraction of sp³-hybridized carbons (Fsp3) is 0. The highest BCUT2D eigenvalue weighted by atomic mass is 127. The van der Waals surface area contributed by atoms with E-state index >= 15 is 0 Å². The molecule has 14 heavy (non-hydrogen) atoms. The third-order valence-electron chi connectivity index (χ3n) is 1.79. The van der Waals surface area contributed by atoms with Gasteiger partial charge in [0, 0.05) is 6.07 Å². The summed E-state index contributed by atoms with van der Waals surface area (Å²) >= 11 is 1.84. The van der Waals surface area contributed by atoms with Crippen LogP contribution in [-0.4, -0.2) is 15.1 Å². The van der Waals surface area contributed by atoms with Crippen LogP contribution in [0.2, 0.25) is 0 Å². The van der Waals surface area contributed by atoms with Gasteiger partial charge in [0.05, 0.1) is 10.3 Å². The molecule has 0 saturated carbocycles. The maximum atomic E-state index is 13.2. The first-order valence-corrected chi connectivity index (χ1v) is 4.65. The summed E-state index contributed by atoms with van der Waals surface area (Å²) in [5.41, 5.74) is -0.139. The normalized spacial score (nSPS) is 10.7. The van der Waals surface area contributed by atoms with Crippen LogP contribution in [0.25, 0.3) is 10.9 Å². The van der Waals surface area contributed by atoms with Crippen molar-refractivity contribution in [3.63, 3.8) is 0 Å². The summed E-state index contributed by atoms with van der Waals surface area (Å²) in [6, 6.07) is 2.17. The molecule has 72 valence electrons. The molecule has 1 N–H and O–H groups in total. The average molecular weight is 307 g/mol. The van der Waals surface area contributed by atoms with Crippen molar-refractivity contribution < 1.29 is 9.31 Å². The molecule has 0 atom stereocenters. The van der Waals surface area contributed by atoms with Gasteiger partial charge in [-0.2, -0.15) is 5.10 Å². The fourth-order valence-corrected chi connectivity index (χ4v) is 1.82. The first kappa shape index (κ1) is 9.31. The van der Waals surface area contributed by atoms with Crippen molar-refractivity contribution in [2.75, 3.05) is 0 Å². The van der Waals surface area contributed by atoms with E-state index in [1.807, 2.05) is 22.6 Å². The Morgan fingerprint density at radius 2 is 2.29 bits per heavy atom. The van der Waals surface area contributed by atoms with E-state index in [9.17, 15) is 14.5 Å². The number of fused-ring (bicyclic) bond motifs is 1. The lowest BCUT2D eigenvalue weighted by Gasteiger charge is -1.93. The van der Waals surface area contributed by atoms with E-state index in [2.05, 4.69) is 10.2 Å². The Kier molecular flexibility index (Phi) is 2.10. The third kappa shape index (κ3) is 1.24. The Morgan fingerprint density at radius 1 is 1.57 bits per heavy atom. The Hall–Kier alpha value is -1.25. The summed E-state index contributed by atoms with van der Waals surface area (Å²) in [6.07, 6.45) is 0. The predicted octanol–water partition coefficient (Wildman–Crippen LogP) is 2.21. The number of aromatic amines is 1. The number of benzene rings is 1. The van der Waals surface area contributed by atoms with Gasteiger partial charge in [0.1, 0.15) is 9.52 Å². The number of hydrogen-bond acceptors (Lipinski definition) is 3. The predicted molar refractivity (Wildman–Crippen MR) is 55.4 cm³/mol. The van der Waals surface area contributed by atoms with Gasteiger partial charge in [-0.3, -0.25) is 15.2 Å². The Balaban J connectivity index is 2.90. The van der Waals surface area contributed by atoms with E-state index in [-0.39, 0.29) is 16.6 Å². The van der Waals surface area contributed by atoms with E-state index in [0.29, 0.717) is 3.70 Å². The van der Waals surface area contributed by atoms with Crippen LogP contribution in [0.3, 0.4) is 0 Å². The van der Waals surface area contributed by atoms with Crippen molar-refractivity contribution in [2.24, 2.45) is 0 Å². The summed E-state index contributed by atoms with van der Waals surface area (Å²) < 4.78 is 13.7. The van der Waals surface area contributed by atoms with Crippen molar-refractivity contribution >= 4 is 39.2 Å². The molecule has 0 unspecified atom stereocenters. The lowest BCUT2D eigenvalue weighted by Crippen LogP contribution is -1.90. The molecule has 1 heterocycles. The summed E-state index contributed by atoms with van der Waals surface area (Å²) in [5, 5.41) is 16.9. The van der Waals surface area contributed by atoms with Crippen LogP contribution < -0.4 is 0 Å². The van der Waals surface area contributed by atoms with E-state index in [1.165, 1.54) is 0 Å². The van der Waals surface area contributed by atoms with Gasteiger partial charge < -0.3 is 0 Å². The third-order valence-corrected chi connectivity index (χ3v) is 2.57. The van der Waals surface area contributed by atoms with Crippen molar-refractivity contribution in [1.29, 1.82) is 0 Å². The second kappa shape index (κ2) is 3.15. The molecule has 0 saturated heterocycles. The van der Waals surface area contributed by atoms with E-state index in [4.69, 9.17) is 0 Å². The van der Waals surface area contributed by atoms with Gasteiger partial charge in [-0.15, -0.1) is 0 Å². The Bertz CT molecular complexity index is 525. The monoisotopic (exact) mass is 307 g/mol. The standard InChI is InChI=1S/C7H3FIN3O2/c8-3-1-2-4(12(13)14)6-5(3)7(9)11-10-6/h1-2H,(H,10,11). The Morgan fingerprint density at radius 3 is 2.93 bits per heavy atom. The SMILES string of the molecule is O=[N+]([O-])c1ccc(F)c2c(I)[nH]nc12. The number of nitro groups is 1. The van der Waals surface area contributed by atoms with Crippen LogP contribution in [-0.2, 0) is 0 Å². The van der Waals surface area contributed by atoms with Crippen LogP contribution >= 0.6 is 22.6 Å². The van der Waals surface area contributed by atoms with E-state index in [0.717, 1.165) is 12.1 Å². The number of aromatic nitrogens is 2. The molecular weight excluding hydrogens is 304 g/mol. The van der Waals surface area contributed by atoms with Crippen LogP contribution in [0.15, 0.2) is 12.1 Å². The number of nitrogens with one attached hydrogen (secondary N) is 1. The molecule has 2 rings (SSSR count). The number of H-pyrrole nitrogens is 1. The molecule has 0 bridgehead atoms. The summed E-state index contributed by atoms with van der Waals surface area (Å²) in [7, 11) is 0. The lowest BCUT2D eigenvalue weighted by atomic mass is 10.2. The van der Waals surface area contributed by atoms with E-state index < -0.39 is 10.7 Å². The molecule has 1 aromatic heterocycles.